The number of carbonyl (C=O) groups excluding carboxylic acids is 1. The van der Waals surface area contributed by atoms with Crippen molar-refractivity contribution in [3.05, 3.63) is 135 Å². The molecule has 4 aromatic carbocycles. The summed E-state index contributed by atoms with van der Waals surface area (Å²) in [4.78, 5) is 33.9. The summed E-state index contributed by atoms with van der Waals surface area (Å²) in [6, 6.07) is 31.8. The average Bonchev–Trinajstić information content (AvgIpc) is 3.16. The van der Waals surface area contributed by atoms with Crippen LogP contribution in [-0.2, 0) is 11.3 Å². The molecule has 1 aliphatic rings. The lowest BCUT2D eigenvalue weighted by Gasteiger charge is -2.17. The van der Waals surface area contributed by atoms with Crippen LogP contribution in [-0.4, -0.2) is 15.5 Å². The normalized spacial score (nSPS) is 14.0. The number of aromatic nitrogens is 2. The number of para-hydroxylation sites is 2. The van der Waals surface area contributed by atoms with Gasteiger partial charge < -0.3 is 4.90 Å². The van der Waals surface area contributed by atoms with Crippen molar-refractivity contribution in [2.24, 2.45) is 0 Å². The van der Waals surface area contributed by atoms with Gasteiger partial charge in [0.15, 0.2) is 0 Å². The highest BCUT2D eigenvalue weighted by atomic mass is 35.5. The van der Waals surface area contributed by atoms with Gasteiger partial charge in [-0.25, -0.2) is 4.98 Å². The Hall–Kier alpha value is -4.48. The van der Waals surface area contributed by atoms with Crippen LogP contribution < -0.4 is 10.5 Å². The topological polar surface area (TPSA) is 55.2 Å². The molecule has 5 aromatic rings. The maximum Gasteiger partial charge on any atom is 0.266 e. The molecule has 1 amide bonds. The minimum Gasteiger partial charge on any atom is -0.303 e. The third-order valence-electron chi connectivity index (χ3n) is 6.30. The van der Waals surface area contributed by atoms with Gasteiger partial charge in [-0.15, -0.1) is 0 Å². The number of fused-ring (bicyclic) bond motifs is 2. The molecule has 0 aliphatic carbocycles. The van der Waals surface area contributed by atoms with Gasteiger partial charge in [-0.2, -0.15) is 0 Å². The lowest BCUT2D eigenvalue weighted by atomic mass is 10.1. The molecule has 0 N–H and O–H groups in total. The second-order valence-corrected chi connectivity index (χ2v) is 8.99. The van der Waals surface area contributed by atoms with Gasteiger partial charge in [0, 0.05) is 10.6 Å². The van der Waals surface area contributed by atoms with Gasteiger partial charge in [0.1, 0.15) is 5.82 Å². The van der Waals surface area contributed by atoms with Gasteiger partial charge in [0.05, 0.1) is 34.4 Å². The van der Waals surface area contributed by atoms with Crippen LogP contribution in [0.15, 0.2) is 108 Å². The largest absolute Gasteiger partial charge is 0.303 e. The van der Waals surface area contributed by atoms with Crippen molar-refractivity contribution in [1.82, 2.24) is 9.55 Å². The average molecular weight is 490 g/mol. The zero-order chi connectivity index (χ0) is 24.6. The van der Waals surface area contributed by atoms with Crippen molar-refractivity contribution < 1.29 is 4.79 Å². The Morgan fingerprint density at radius 1 is 0.778 bits per heavy atom. The molecule has 0 atom stereocenters. The Labute approximate surface area is 212 Å². The minimum absolute atomic E-state index is 0.134. The van der Waals surface area contributed by atoms with Crippen LogP contribution >= 0.6 is 11.6 Å². The van der Waals surface area contributed by atoms with Gasteiger partial charge in [0.2, 0.25) is 0 Å². The lowest BCUT2D eigenvalue weighted by Crippen LogP contribution is -2.26. The maximum atomic E-state index is 13.7. The molecule has 0 saturated heterocycles. The van der Waals surface area contributed by atoms with E-state index in [4.69, 9.17) is 16.6 Å². The van der Waals surface area contributed by atoms with E-state index in [9.17, 15) is 9.59 Å². The van der Waals surface area contributed by atoms with Crippen molar-refractivity contribution in [2.45, 2.75) is 6.54 Å². The van der Waals surface area contributed by atoms with Crippen molar-refractivity contribution in [3.63, 3.8) is 0 Å². The molecule has 36 heavy (non-hydrogen) atoms. The third kappa shape index (κ3) is 3.80. The monoisotopic (exact) mass is 489 g/mol. The van der Waals surface area contributed by atoms with Crippen LogP contribution in [0.4, 0.5) is 5.69 Å². The first-order valence-corrected chi connectivity index (χ1v) is 11.9. The summed E-state index contributed by atoms with van der Waals surface area (Å²) < 4.78 is 1.53. The summed E-state index contributed by atoms with van der Waals surface area (Å²) in [6.07, 6.45) is 1.72. The first kappa shape index (κ1) is 22.0. The number of nitrogens with zero attached hydrogens (tertiary/aromatic N) is 3. The van der Waals surface area contributed by atoms with E-state index >= 15 is 0 Å². The molecule has 1 aliphatic heterocycles. The molecule has 174 valence electrons. The van der Waals surface area contributed by atoms with E-state index in [2.05, 4.69) is 0 Å². The minimum atomic E-state index is -0.213. The maximum absolute atomic E-state index is 13.7. The van der Waals surface area contributed by atoms with Gasteiger partial charge in [-0.3, -0.25) is 14.2 Å². The third-order valence-corrected chi connectivity index (χ3v) is 6.56. The van der Waals surface area contributed by atoms with Gasteiger partial charge in [0.25, 0.3) is 11.5 Å². The van der Waals surface area contributed by atoms with Crippen LogP contribution in [0.1, 0.15) is 17.0 Å². The Morgan fingerprint density at radius 2 is 1.47 bits per heavy atom. The molecule has 5 nitrogen and oxygen atoms in total. The summed E-state index contributed by atoms with van der Waals surface area (Å²) in [5.41, 5.74) is 4.14. The lowest BCUT2D eigenvalue weighted by molar-refractivity contribution is -0.113. The van der Waals surface area contributed by atoms with Crippen LogP contribution in [0.3, 0.4) is 0 Å². The highest BCUT2D eigenvalue weighted by molar-refractivity contribution is 6.35. The number of benzene rings is 4. The summed E-state index contributed by atoms with van der Waals surface area (Å²) in [5.74, 6) is 0.242. The fraction of sp³-hybridized carbons (Fsp3) is 0.0333. The molecule has 0 saturated carbocycles. The molecule has 0 fully saturated rings. The van der Waals surface area contributed by atoms with Crippen molar-refractivity contribution in [3.8, 4) is 5.69 Å². The van der Waals surface area contributed by atoms with Crippen molar-refractivity contribution in [1.29, 1.82) is 0 Å². The number of hydrogen-bond donors (Lipinski definition) is 0. The summed E-state index contributed by atoms with van der Waals surface area (Å²) in [5, 5.41) is 1.07. The number of anilines is 1. The smallest absolute Gasteiger partial charge is 0.266 e. The van der Waals surface area contributed by atoms with Crippen LogP contribution in [0.5, 0.6) is 0 Å². The SMILES string of the molecule is O=C1C(=Cc2nc3ccccc3c(=O)n2-c2ccc(Cl)cc2)c2ccccc2N1Cc1ccccc1. The van der Waals surface area contributed by atoms with E-state index in [1.165, 1.54) is 4.57 Å². The molecule has 6 rings (SSSR count). The zero-order valence-electron chi connectivity index (χ0n) is 19.1. The van der Waals surface area contributed by atoms with E-state index in [1.807, 2.05) is 66.7 Å². The first-order chi connectivity index (χ1) is 17.6. The molecule has 0 bridgehead atoms. The molecule has 0 spiro atoms. The van der Waals surface area contributed by atoms with E-state index in [0.717, 1.165) is 16.8 Å². The Kier molecular flexibility index (Phi) is 5.47. The fourth-order valence-corrected chi connectivity index (χ4v) is 4.71. The number of amides is 1. The van der Waals surface area contributed by atoms with Crippen molar-refractivity contribution in [2.75, 3.05) is 4.90 Å². The number of rotatable bonds is 4. The Balaban J connectivity index is 1.55. The molecule has 6 heteroatoms. The molecule has 1 aromatic heterocycles. The molecule has 2 heterocycles. The Bertz CT molecular complexity index is 1710. The highest BCUT2D eigenvalue weighted by Gasteiger charge is 2.32. The zero-order valence-corrected chi connectivity index (χ0v) is 19.9. The summed E-state index contributed by atoms with van der Waals surface area (Å²) in [7, 11) is 0. The van der Waals surface area contributed by atoms with Crippen LogP contribution in [0.25, 0.3) is 28.2 Å². The number of carbonyl (C=O) groups is 1. The first-order valence-electron chi connectivity index (χ1n) is 11.5. The summed E-state index contributed by atoms with van der Waals surface area (Å²) in [6.45, 7) is 0.448. The van der Waals surface area contributed by atoms with E-state index in [1.54, 1.807) is 47.4 Å². The standard InChI is InChI=1S/C30H20ClN3O2/c31-21-14-16-22(17-15-21)34-28(32-26-12-6-4-11-24(26)30(34)36)18-25-23-10-5-7-13-27(23)33(29(25)35)19-20-8-2-1-3-9-20/h1-18H,19H2. The number of hydrogen-bond acceptors (Lipinski definition) is 3. The molecular weight excluding hydrogens is 470 g/mol. The molecular formula is C30H20ClN3O2. The predicted molar refractivity (Wildman–Crippen MR) is 144 cm³/mol. The van der Waals surface area contributed by atoms with Gasteiger partial charge >= 0.3 is 0 Å². The van der Waals surface area contributed by atoms with Crippen molar-refractivity contribution >= 4 is 45.7 Å². The predicted octanol–water partition coefficient (Wildman–Crippen LogP) is 6.13. The summed E-state index contributed by atoms with van der Waals surface area (Å²) >= 11 is 6.10. The quantitative estimate of drug-likeness (QED) is 0.285. The second kappa shape index (κ2) is 8.95. The second-order valence-electron chi connectivity index (χ2n) is 8.56. The van der Waals surface area contributed by atoms with Gasteiger partial charge in [-0.05, 0) is 54.1 Å². The van der Waals surface area contributed by atoms with Gasteiger partial charge in [-0.1, -0.05) is 72.3 Å². The van der Waals surface area contributed by atoms with Crippen LogP contribution in [0, 0.1) is 0 Å². The van der Waals surface area contributed by atoms with E-state index < -0.39 is 0 Å². The molecule has 0 radical (unpaired) electrons. The highest BCUT2D eigenvalue weighted by Crippen LogP contribution is 2.38. The number of halogens is 1. The Morgan fingerprint density at radius 3 is 2.28 bits per heavy atom. The van der Waals surface area contributed by atoms with E-state index in [-0.39, 0.29) is 11.5 Å². The fourth-order valence-electron chi connectivity index (χ4n) is 4.58. The van der Waals surface area contributed by atoms with E-state index in [0.29, 0.717) is 39.6 Å². The molecule has 0 unspecified atom stereocenters. The van der Waals surface area contributed by atoms with Crippen LogP contribution in [0.2, 0.25) is 5.02 Å².